The maximum Gasteiger partial charge on any atom is 0.326 e. The van der Waals surface area contributed by atoms with E-state index in [1.807, 2.05) is 6.07 Å². The molecule has 1 aromatic rings. The maximum atomic E-state index is 12.6. The van der Waals surface area contributed by atoms with Gasteiger partial charge in [0, 0.05) is 0 Å². The minimum atomic E-state index is -1.35. The summed E-state index contributed by atoms with van der Waals surface area (Å²) in [4.78, 5) is 60.0. The van der Waals surface area contributed by atoms with Gasteiger partial charge in [-0.25, -0.2) is 4.79 Å². The number of rotatable bonds is 12. The molecule has 0 aromatic heterocycles. The van der Waals surface area contributed by atoms with Crippen molar-refractivity contribution < 1.29 is 29.1 Å². The first-order chi connectivity index (χ1) is 14.9. The van der Waals surface area contributed by atoms with Crippen LogP contribution in [0.4, 0.5) is 0 Å². The average Bonchev–Trinajstić information content (AvgIpc) is 2.70. The fourth-order valence-corrected chi connectivity index (χ4v) is 2.82. The van der Waals surface area contributed by atoms with Crippen molar-refractivity contribution >= 4 is 29.6 Å². The smallest absolute Gasteiger partial charge is 0.326 e. The second kappa shape index (κ2) is 12.4. The van der Waals surface area contributed by atoms with Crippen molar-refractivity contribution in [1.29, 1.82) is 0 Å². The number of carbonyl (C=O) groups is 5. The van der Waals surface area contributed by atoms with Gasteiger partial charge in [0.1, 0.15) is 18.1 Å². The lowest BCUT2D eigenvalue weighted by atomic mass is 10.0. The summed E-state index contributed by atoms with van der Waals surface area (Å²) in [6, 6.07) is 4.40. The Hall–Kier alpha value is -3.47. The summed E-state index contributed by atoms with van der Waals surface area (Å²) < 4.78 is 0. The number of nitrogens with two attached hydrogens (primary N) is 2. The number of primary amides is 1. The summed E-state index contributed by atoms with van der Waals surface area (Å²) >= 11 is 0. The van der Waals surface area contributed by atoms with Crippen molar-refractivity contribution in [1.82, 2.24) is 16.0 Å². The minimum absolute atomic E-state index is 0.210. The van der Waals surface area contributed by atoms with E-state index in [0.29, 0.717) is 0 Å². The van der Waals surface area contributed by atoms with Crippen molar-refractivity contribution in [2.45, 2.75) is 57.8 Å². The molecule has 0 aliphatic carbocycles. The van der Waals surface area contributed by atoms with Crippen molar-refractivity contribution in [2.24, 2.45) is 17.4 Å². The van der Waals surface area contributed by atoms with E-state index in [0.717, 1.165) is 5.56 Å². The first-order valence-electron chi connectivity index (χ1n) is 10.1. The first kappa shape index (κ1) is 26.6. The molecule has 4 amide bonds. The molecule has 0 aliphatic rings. The Labute approximate surface area is 186 Å². The molecule has 11 nitrogen and oxygen atoms in total. The van der Waals surface area contributed by atoms with E-state index in [2.05, 4.69) is 16.0 Å². The molecule has 0 bridgehead atoms. The van der Waals surface area contributed by atoms with Gasteiger partial charge in [0.25, 0.3) is 0 Å². The van der Waals surface area contributed by atoms with E-state index in [4.69, 9.17) is 11.5 Å². The SMILES string of the molecule is CC(NC(=O)C(CC(N)=O)NC(=O)C(N)Cc1ccccc1)C(=O)NC(C(=O)O)C(C)C. The Balaban J connectivity index is 2.78. The van der Waals surface area contributed by atoms with Gasteiger partial charge < -0.3 is 32.5 Å². The molecule has 32 heavy (non-hydrogen) atoms. The van der Waals surface area contributed by atoms with Crippen molar-refractivity contribution in [3.05, 3.63) is 35.9 Å². The molecule has 0 fully saturated rings. The predicted octanol–water partition coefficient (Wildman–Crippen LogP) is -1.35. The number of benzene rings is 1. The Morgan fingerprint density at radius 1 is 0.906 bits per heavy atom. The fraction of sp³-hybridized carbons (Fsp3) is 0.476. The van der Waals surface area contributed by atoms with Crippen LogP contribution in [-0.2, 0) is 30.4 Å². The average molecular weight is 450 g/mol. The van der Waals surface area contributed by atoms with E-state index in [9.17, 15) is 29.1 Å². The number of hydrogen-bond acceptors (Lipinski definition) is 6. The third-order valence-corrected chi connectivity index (χ3v) is 4.66. The molecular weight excluding hydrogens is 418 g/mol. The van der Waals surface area contributed by atoms with Crippen LogP contribution >= 0.6 is 0 Å². The van der Waals surface area contributed by atoms with E-state index in [-0.39, 0.29) is 12.3 Å². The normalized spacial score (nSPS) is 14.5. The Morgan fingerprint density at radius 2 is 1.50 bits per heavy atom. The molecule has 8 N–H and O–H groups in total. The second-order valence-electron chi connectivity index (χ2n) is 7.83. The lowest BCUT2D eigenvalue weighted by Gasteiger charge is -2.24. The van der Waals surface area contributed by atoms with Crippen LogP contribution in [-0.4, -0.2) is 58.9 Å². The van der Waals surface area contributed by atoms with Gasteiger partial charge in [0.15, 0.2) is 0 Å². The first-order valence-corrected chi connectivity index (χ1v) is 10.1. The van der Waals surface area contributed by atoms with Gasteiger partial charge in [-0.15, -0.1) is 0 Å². The van der Waals surface area contributed by atoms with E-state index < -0.39 is 60.2 Å². The van der Waals surface area contributed by atoms with Gasteiger partial charge in [-0.1, -0.05) is 44.2 Å². The van der Waals surface area contributed by atoms with Gasteiger partial charge in [0.2, 0.25) is 23.6 Å². The predicted molar refractivity (Wildman–Crippen MR) is 116 cm³/mol. The van der Waals surface area contributed by atoms with Crippen LogP contribution in [0.25, 0.3) is 0 Å². The molecule has 0 radical (unpaired) electrons. The third-order valence-electron chi connectivity index (χ3n) is 4.66. The number of amides is 4. The molecule has 0 heterocycles. The van der Waals surface area contributed by atoms with E-state index in [1.165, 1.54) is 6.92 Å². The molecule has 4 atom stereocenters. The highest BCUT2D eigenvalue weighted by atomic mass is 16.4. The van der Waals surface area contributed by atoms with Crippen LogP contribution in [0.3, 0.4) is 0 Å². The molecule has 4 unspecified atom stereocenters. The van der Waals surface area contributed by atoms with Gasteiger partial charge in [-0.2, -0.15) is 0 Å². The van der Waals surface area contributed by atoms with Crippen molar-refractivity contribution in [3.63, 3.8) is 0 Å². The van der Waals surface area contributed by atoms with Crippen LogP contribution in [0.15, 0.2) is 30.3 Å². The monoisotopic (exact) mass is 449 g/mol. The molecule has 11 heteroatoms. The highest BCUT2D eigenvalue weighted by Crippen LogP contribution is 2.04. The third kappa shape index (κ3) is 8.72. The number of nitrogens with one attached hydrogen (secondary N) is 3. The molecule has 1 rings (SSSR count). The van der Waals surface area contributed by atoms with Crippen LogP contribution in [0.2, 0.25) is 0 Å². The molecule has 176 valence electrons. The largest absolute Gasteiger partial charge is 0.480 e. The Morgan fingerprint density at radius 3 is 2.00 bits per heavy atom. The van der Waals surface area contributed by atoms with E-state index >= 15 is 0 Å². The lowest BCUT2D eigenvalue weighted by molar-refractivity contribution is -0.143. The van der Waals surface area contributed by atoms with Crippen molar-refractivity contribution in [2.75, 3.05) is 0 Å². The quantitative estimate of drug-likeness (QED) is 0.227. The molecular formula is C21H31N5O6. The van der Waals surface area contributed by atoms with Gasteiger partial charge in [-0.05, 0) is 24.8 Å². The number of carboxylic acids is 1. The number of aliphatic carboxylic acids is 1. The highest BCUT2D eigenvalue weighted by Gasteiger charge is 2.30. The topological polar surface area (TPSA) is 194 Å². The lowest BCUT2D eigenvalue weighted by Crippen LogP contribution is -2.57. The van der Waals surface area contributed by atoms with Gasteiger partial charge in [-0.3, -0.25) is 19.2 Å². The molecule has 0 saturated carbocycles. The zero-order valence-electron chi connectivity index (χ0n) is 18.3. The van der Waals surface area contributed by atoms with Crippen molar-refractivity contribution in [3.8, 4) is 0 Å². The number of carboxylic acid groups (broad SMARTS) is 1. The summed E-state index contributed by atoms with van der Waals surface area (Å²) in [6.07, 6.45) is -0.296. The Kier molecular flexibility index (Phi) is 10.3. The van der Waals surface area contributed by atoms with Gasteiger partial charge >= 0.3 is 5.97 Å². The highest BCUT2D eigenvalue weighted by molar-refractivity contribution is 5.96. The zero-order chi connectivity index (χ0) is 24.4. The molecule has 0 aliphatic heterocycles. The maximum absolute atomic E-state index is 12.6. The summed E-state index contributed by atoms with van der Waals surface area (Å²) in [5.41, 5.74) is 11.9. The minimum Gasteiger partial charge on any atom is -0.480 e. The van der Waals surface area contributed by atoms with Gasteiger partial charge in [0.05, 0.1) is 12.5 Å². The van der Waals surface area contributed by atoms with Crippen LogP contribution in [0, 0.1) is 5.92 Å². The molecule has 0 saturated heterocycles. The summed E-state index contributed by atoms with van der Waals surface area (Å²) in [6.45, 7) is 4.59. The second-order valence-corrected chi connectivity index (χ2v) is 7.83. The standard InChI is InChI=1S/C21H31N5O6/c1-11(2)17(21(31)32)26-18(28)12(3)24-20(30)15(10-16(23)27)25-19(29)14(22)9-13-7-5-4-6-8-13/h4-8,11-12,14-15,17H,9-10,22H2,1-3H3,(H2,23,27)(H,24,30)(H,25,29)(H,26,28)(H,31,32). The number of hydrogen-bond donors (Lipinski definition) is 6. The summed E-state index contributed by atoms with van der Waals surface area (Å²) in [7, 11) is 0. The molecule has 1 aromatic carbocycles. The summed E-state index contributed by atoms with van der Waals surface area (Å²) in [5, 5.41) is 16.3. The van der Waals surface area contributed by atoms with Crippen LogP contribution in [0.5, 0.6) is 0 Å². The molecule has 0 spiro atoms. The number of carbonyl (C=O) groups excluding carboxylic acids is 4. The summed E-state index contributed by atoms with van der Waals surface area (Å²) in [5.74, 6) is -4.67. The fourth-order valence-electron chi connectivity index (χ4n) is 2.82. The van der Waals surface area contributed by atoms with Crippen LogP contribution in [0.1, 0.15) is 32.8 Å². The van der Waals surface area contributed by atoms with E-state index in [1.54, 1.807) is 38.1 Å². The Bertz CT molecular complexity index is 829. The zero-order valence-corrected chi connectivity index (χ0v) is 18.3. The van der Waals surface area contributed by atoms with Crippen LogP contribution < -0.4 is 27.4 Å².